The maximum atomic E-state index is 10.9. The highest BCUT2D eigenvalue weighted by Crippen LogP contribution is 2.16. The average molecular weight is 193 g/mol. The van der Waals surface area contributed by atoms with Crippen LogP contribution in [0.5, 0.6) is 0 Å². The third kappa shape index (κ3) is 2.55. The molecule has 0 fully saturated rings. The number of hydrogen-bond donors (Lipinski definition) is 3. The topological polar surface area (TPSA) is 81.1 Å². The van der Waals surface area contributed by atoms with Crippen molar-refractivity contribution in [1.82, 2.24) is 0 Å². The number of benzene rings is 1. The Balaban J connectivity index is 2.98. The summed E-state index contributed by atoms with van der Waals surface area (Å²) < 4.78 is 0. The van der Waals surface area contributed by atoms with Gasteiger partial charge in [0.2, 0.25) is 5.91 Å². The molecule has 0 radical (unpaired) electrons. The minimum absolute atomic E-state index is 0.0970. The molecule has 0 spiro atoms. The number of carbonyl (C=O) groups is 1. The Morgan fingerprint density at radius 2 is 2.07 bits per heavy atom. The van der Waals surface area contributed by atoms with E-state index < -0.39 is 0 Å². The van der Waals surface area contributed by atoms with Gasteiger partial charge in [-0.25, -0.2) is 0 Å². The molecular weight excluding hydrogens is 178 g/mol. The van der Waals surface area contributed by atoms with Gasteiger partial charge in [0, 0.05) is 25.7 Å². The van der Waals surface area contributed by atoms with E-state index in [4.69, 9.17) is 11.5 Å². The standard InChI is InChI=1S/C10H15N3O/c1-7(14)13-10-3-2-8(5-11)4-9(10)6-12/h2-4H,5-6,11-12H2,1H3,(H,13,14). The molecule has 1 rings (SSSR count). The van der Waals surface area contributed by atoms with Crippen molar-refractivity contribution in [3.63, 3.8) is 0 Å². The predicted octanol–water partition coefficient (Wildman–Crippen LogP) is 0.562. The van der Waals surface area contributed by atoms with Crippen LogP contribution >= 0.6 is 0 Å². The number of amides is 1. The highest BCUT2D eigenvalue weighted by atomic mass is 16.1. The normalized spacial score (nSPS) is 9.93. The fraction of sp³-hybridized carbons (Fsp3) is 0.300. The summed E-state index contributed by atoms with van der Waals surface area (Å²) in [7, 11) is 0. The van der Waals surface area contributed by atoms with Crippen LogP contribution in [-0.2, 0) is 17.9 Å². The second-order valence-corrected chi connectivity index (χ2v) is 3.08. The SMILES string of the molecule is CC(=O)Nc1ccc(CN)cc1CN. The molecule has 0 saturated heterocycles. The van der Waals surface area contributed by atoms with Crippen LogP contribution < -0.4 is 16.8 Å². The van der Waals surface area contributed by atoms with Gasteiger partial charge in [0.1, 0.15) is 0 Å². The lowest BCUT2D eigenvalue weighted by Gasteiger charge is -2.09. The Labute approximate surface area is 83.3 Å². The molecule has 0 atom stereocenters. The molecule has 5 N–H and O–H groups in total. The van der Waals surface area contributed by atoms with Crippen molar-refractivity contribution in [2.75, 3.05) is 5.32 Å². The molecule has 4 heteroatoms. The smallest absolute Gasteiger partial charge is 0.221 e. The van der Waals surface area contributed by atoms with Crippen molar-refractivity contribution in [3.05, 3.63) is 29.3 Å². The van der Waals surface area contributed by atoms with Crippen LogP contribution in [0.15, 0.2) is 18.2 Å². The van der Waals surface area contributed by atoms with Gasteiger partial charge in [0.15, 0.2) is 0 Å². The van der Waals surface area contributed by atoms with Crippen LogP contribution in [0.4, 0.5) is 5.69 Å². The van der Waals surface area contributed by atoms with E-state index in [1.54, 1.807) is 0 Å². The molecule has 0 unspecified atom stereocenters. The van der Waals surface area contributed by atoms with Crippen LogP contribution in [-0.4, -0.2) is 5.91 Å². The molecule has 14 heavy (non-hydrogen) atoms. The summed E-state index contributed by atoms with van der Waals surface area (Å²) in [4.78, 5) is 10.9. The Bertz CT molecular complexity index is 336. The lowest BCUT2D eigenvalue weighted by atomic mass is 10.1. The van der Waals surface area contributed by atoms with Gasteiger partial charge in [-0.05, 0) is 17.2 Å². The maximum Gasteiger partial charge on any atom is 0.221 e. The summed E-state index contributed by atoms with van der Waals surface area (Å²) in [6.45, 7) is 2.34. The lowest BCUT2D eigenvalue weighted by Crippen LogP contribution is -2.11. The van der Waals surface area contributed by atoms with Crippen LogP contribution in [0.1, 0.15) is 18.1 Å². The van der Waals surface area contributed by atoms with Gasteiger partial charge >= 0.3 is 0 Å². The molecule has 1 aromatic rings. The molecule has 0 aliphatic rings. The van der Waals surface area contributed by atoms with Crippen LogP contribution in [0.25, 0.3) is 0 Å². The molecule has 1 aromatic carbocycles. The molecule has 0 aromatic heterocycles. The van der Waals surface area contributed by atoms with Crippen molar-refractivity contribution in [2.24, 2.45) is 11.5 Å². The van der Waals surface area contributed by atoms with Gasteiger partial charge in [-0.3, -0.25) is 4.79 Å². The lowest BCUT2D eigenvalue weighted by molar-refractivity contribution is -0.114. The second-order valence-electron chi connectivity index (χ2n) is 3.08. The Morgan fingerprint density at radius 1 is 1.36 bits per heavy atom. The third-order valence-corrected chi connectivity index (χ3v) is 1.94. The predicted molar refractivity (Wildman–Crippen MR) is 56.5 cm³/mol. The Morgan fingerprint density at radius 3 is 2.57 bits per heavy atom. The molecule has 0 saturated carbocycles. The highest BCUT2D eigenvalue weighted by Gasteiger charge is 2.03. The van der Waals surface area contributed by atoms with Crippen LogP contribution in [0.3, 0.4) is 0 Å². The zero-order valence-corrected chi connectivity index (χ0v) is 8.21. The fourth-order valence-corrected chi connectivity index (χ4v) is 1.25. The van der Waals surface area contributed by atoms with Gasteiger partial charge in [0.25, 0.3) is 0 Å². The summed E-state index contributed by atoms with van der Waals surface area (Å²) in [6, 6.07) is 5.61. The van der Waals surface area contributed by atoms with Gasteiger partial charge in [0.05, 0.1) is 0 Å². The van der Waals surface area contributed by atoms with E-state index >= 15 is 0 Å². The monoisotopic (exact) mass is 193 g/mol. The number of nitrogens with one attached hydrogen (secondary N) is 1. The minimum Gasteiger partial charge on any atom is -0.326 e. The van der Waals surface area contributed by atoms with Gasteiger partial charge in [-0.1, -0.05) is 12.1 Å². The summed E-state index contributed by atoms with van der Waals surface area (Å²) in [5.74, 6) is -0.0970. The maximum absolute atomic E-state index is 10.9. The molecule has 0 bridgehead atoms. The van der Waals surface area contributed by atoms with E-state index in [1.807, 2.05) is 18.2 Å². The zero-order valence-electron chi connectivity index (χ0n) is 8.21. The van der Waals surface area contributed by atoms with E-state index in [9.17, 15) is 4.79 Å². The van der Waals surface area contributed by atoms with Crippen molar-refractivity contribution in [2.45, 2.75) is 20.0 Å². The molecule has 4 nitrogen and oxygen atoms in total. The molecule has 0 aliphatic heterocycles. The Kier molecular flexibility index (Phi) is 3.62. The number of nitrogens with two attached hydrogens (primary N) is 2. The van der Waals surface area contributed by atoms with Crippen molar-refractivity contribution in [1.29, 1.82) is 0 Å². The summed E-state index contributed by atoms with van der Waals surface area (Å²) in [5, 5.41) is 2.72. The Hall–Kier alpha value is -1.39. The van der Waals surface area contributed by atoms with E-state index in [0.717, 1.165) is 16.8 Å². The number of rotatable bonds is 3. The number of hydrogen-bond acceptors (Lipinski definition) is 3. The van der Waals surface area contributed by atoms with Crippen LogP contribution in [0, 0.1) is 0 Å². The van der Waals surface area contributed by atoms with Gasteiger partial charge in [-0.15, -0.1) is 0 Å². The quantitative estimate of drug-likeness (QED) is 0.656. The second kappa shape index (κ2) is 4.74. The zero-order chi connectivity index (χ0) is 10.6. The largest absolute Gasteiger partial charge is 0.326 e. The van der Waals surface area contributed by atoms with Gasteiger partial charge < -0.3 is 16.8 Å². The number of carbonyl (C=O) groups excluding carboxylic acids is 1. The van der Waals surface area contributed by atoms with E-state index in [0.29, 0.717) is 13.1 Å². The molecule has 0 aliphatic carbocycles. The highest BCUT2D eigenvalue weighted by molar-refractivity contribution is 5.89. The van der Waals surface area contributed by atoms with E-state index in [-0.39, 0.29) is 5.91 Å². The van der Waals surface area contributed by atoms with Crippen molar-refractivity contribution >= 4 is 11.6 Å². The van der Waals surface area contributed by atoms with Gasteiger partial charge in [-0.2, -0.15) is 0 Å². The minimum atomic E-state index is -0.0970. The summed E-state index contributed by atoms with van der Waals surface area (Å²) in [5.41, 5.74) is 13.7. The first kappa shape index (κ1) is 10.7. The molecule has 0 heterocycles. The van der Waals surface area contributed by atoms with E-state index in [2.05, 4.69) is 5.32 Å². The summed E-state index contributed by atoms with van der Waals surface area (Å²) in [6.07, 6.45) is 0. The number of anilines is 1. The van der Waals surface area contributed by atoms with Crippen molar-refractivity contribution in [3.8, 4) is 0 Å². The average Bonchev–Trinajstić information content (AvgIpc) is 2.17. The first-order valence-corrected chi connectivity index (χ1v) is 4.47. The fourth-order valence-electron chi connectivity index (χ4n) is 1.25. The summed E-state index contributed by atoms with van der Waals surface area (Å²) >= 11 is 0. The first-order chi connectivity index (χ1) is 6.67. The first-order valence-electron chi connectivity index (χ1n) is 4.47. The van der Waals surface area contributed by atoms with Crippen LogP contribution in [0.2, 0.25) is 0 Å². The molecule has 1 amide bonds. The molecular formula is C10H15N3O. The van der Waals surface area contributed by atoms with E-state index in [1.165, 1.54) is 6.92 Å². The molecule has 76 valence electrons. The third-order valence-electron chi connectivity index (χ3n) is 1.94. The van der Waals surface area contributed by atoms with Crippen molar-refractivity contribution < 1.29 is 4.79 Å².